The van der Waals surface area contributed by atoms with E-state index in [0.29, 0.717) is 24.6 Å². The van der Waals surface area contributed by atoms with Crippen LogP contribution >= 0.6 is 0 Å². The minimum Gasteiger partial charge on any atom is -0.503 e. The van der Waals surface area contributed by atoms with Crippen LogP contribution < -0.4 is 10.7 Å². The number of carbonyl (C=O) groups is 2. The molecule has 1 aliphatic carbocycles. The van der Waals surface area contributed by atoms with E-state index < -0.39 is 57.6 Å². The molecule has 3 aliphatic rings. The fraction of sp³-hybridized carbons (Fsp3) is 0.409. The Balaban J connectivity index is 1.47. The lowest BCUT2D eigenvalue weighted by molar-refractivity contribution is 0.0482. The van der Waals surface area contributed by atoms with Gasteiger partial charge in [0.25, 0.3) is 11.8 Å². The summed E-state index contributed by atoms with van der Waals surface area (Å²) in [5.41, 5.74) is -2.21. The Morgan fingerprint density at radius 3 is 2.56 bits per heavy atom. The van der Waals surface area contributed by atoms with Gasteiger partial charge in [-0.1, -0.05) is 0 Å². The van der Waals surface area contributed by atoms with Crippen LogP contribution in [0.5, 0.6) is 5.75 Å². The number of nitrogens with one attached hydrogen (secondary N) is 1. The summed E-state index contributed by atoms with van der Waals surface area (Å²) in [6, 6.07) is -0.202. The Labute approximate surface area is 180 Å². The molecule has 1 aromatic heterocycles. The highest BCUT2D eigenvalue weighted by molar-refractivity contribution is 5.99. The Morgan fingerprint density at radius 1 is 1.19 bits per heavy atom. The molecule has 2 amide bonds. The quantitative estimate of drug-likeness (QED) is 0.756. The highest BCUT2D eigenvalue weighted by Gasteiger charge is 2.51. The SMILES string of the molecule is C[C@@H](NC(=O)c1cn2c(c(O)c1=O)C(=O)N1[C@H]3CC[C@H](C3)[C@@H]1C2)c1c(F)cc(F)cc1F. The van der Waals surface area contributed by atoms with E-state index in [1.807, 2.05) is 0 Å². The van der Waals surface area contributed by atoms with E-state index >= 15 is 0 Å². The number of hydrogen-bond acceptors (Lipinski definition) is 4. The Morgan fingerprint density at radius 2 is 1.88 bits per heavy atom. The number of halogens is 3. The third-order valence-corrected chi connectivity index (χ3v) is 6.89. The number of fused-ring (bicyclic) bond motifs is 6. The molecule has 0 unspecified atom stereocenters. The van der Waals surface area contributed by atoms with Gasteiger partial charge in [-0.25, -0.2) is 13.2 Å². The molecule has 2 fully saturated rings. The van der Waals surface area contributed by atoms with E-state index in [0.717, 1.165) is 19.3 Å². The molecule has 1 saturated heterocycles. The molecule has 1 aromatic carbocycles. The zero-order valence-electron chi connectivity index (χ0n) is 17.1. The van der Waals surface area contributed by atoms with Gasteiger partial charge in [0.1, 0.15) is 23.0 Å². The van der Waals surface area contributed by atoms with E-state index in [-0.39, 0.29) is 17.8 Å². The van der Waals surface area contributed by atoms with Crippen molar-refractivity contribution in [1.82, 2.24) is 14.8 Å². The van der Waals surface area contributed by atoms with Crippen LogP contribution in [0.25, 0.3) is 0 Å². The van der Waals surface area contributed by atoms with E-state index in [1.165, 1.54) is 17.7 Å². The second-order valence-corrected chi connectivity index (χ2v) is 8.71. The molecule has 10 heteroatoms. The lowest BCUT2D eigenvalue weighted by Gasteiger charge is -2.40. The summed E-state index contributed by atoms with van der Waals surface area (Å²) in [4.78, 5) is 40.2. The first-order valence-electron chi connectivity index (χ1n) is 10.4. The zero-order valence-corrected chi connectivity index (χ0v) is 17.1. The molecule has 32 heavy (non-hydrogen) atoms. The number of aromatic hydroxyl groups is 1. The number of aromatic nitrogens is 1. The lowest BCUT2D eigenvalue weighted by atomic mass is 9.95. The van der Waals surface area contributed by atoms with Crippen LogP contribution in [0.4, 0.5) is 13.2 Å². The van der Waals surface area contributed by atoms with Crippen LogP contribution in [-0.2, 0) is 6.54 Å². The second-order valence-electron chi connectivity index (χ2n) is 8.71. The highest BCUT2D eigenvalue weighted by Crippen LogP contribution is 2.45. The van der Waals surface area contributed by atoms with Crippen molar-refractivity contribution in [2.45, 2.75) is 50.9 Å². The summed E-state index contributed by atoms with van der Waals surface area (Å²) in [7, 11) is 0. The van der Waals surface area contributed by atoms with Gasteiger partial charge in [-0.15, -0.1) is 0 Å². The molecule has 2 N–H and O–H groups in total. The number of carbonyl (C=O) groups excluding carboxylic acids is 2. The molecule has 7 nitrogen and oxygen atoms in total. The van der Waals surface area contributed by atoms with Gasteiger partial charge < -0.3 is 19.9 Å². The minimum atomic E-state index is -1.23. The van der Waals surface area contributed by atoms with Crippen LogP contribution in [-0.4, -0.2) is 38.5 Å². The van der Waals surface area contributed by atoms with Crippen molar-refractivity contribution in [1.29, 1.82) is 0 Å². The van der Waals surface area contributed by atoms with Crippen LogP contribution in [0.2, 0.25) is 0 Å². The number of amides is 2. The molecule has 0 radical (unpaired) electrons. The average molecular weight is 447 g/mol. The predicted molar refractivity (Wildman–Crippen MR) is 106 cm³/mol. The molecule has 2 aromatic rings. The van der Waals surface area contributed by atoms with E-state index in [1.54, 1.807) is 4.90 Å². The average Bonchev–Trinajstić information content (AvgIpc) is 3.31. The standard InChI is InChI=1S/C22H20F3N3O4/c1-9(17-14(24)5-11(23)6-15(17)25)26-21(31)13-7-27-8-16-10-2-3-12(4-10)28(16)22(32)18(27)20(30)19(13)29/h5-7,9-10,12,16,30H,2-4,8H2,1H3,(H,26,31)/t9-,10-,12+,16+/m1/s1. The zero-order chi connectivity index (χ0) is 22.9. The Kier molecular flexibility index (Phi) is 4.58. The van der Waals surface area contributed by atoms with Crippen molar-refractivity contribution in [3.63, 3.8) is 0 Å². The molecule has 1 saturated carbocycles. The smallest absolute Gasteiger partial charge is 0.275 e. The molecule has 2 bridgehead atoms. The van der Waals surface area contributed by atoms with Gasteiger partial charge >= 0.3 is 0 Å². The van der Waals surface area contributed by atoms with E-state index in [9.17, 15) is 32.7 Å². The van der Waals surface area contributed by atoms with Gasteiger partial charge in [-0.05, 0) is 32.1 Å². The summed E-state index contributed by atoms with van der Waals surface area (Å²) < 4.78 is 42.7. The summed E-state index contributed by atoms with van der Waals surface area (Å²) >= 11 is 0. The first-order valence-corrected chi connectivity index (χ1v) is 10.4. The Hall–Kier alpha value is -3.30. The largest absolute Gasteiger partial charge is 0.503 e. The maximum absolute atomic E-state index is 14.0. The normalized spacial score (nSPS) is 24.3. The molecule has 2 aliphatic heterocycles. The summed E-state index contributed by atoms with van der Waals surface area (Å²) in [5, 5.41) is 12.8. The number of rotatable bonds is 3. The van der Waals surface area contributed by atoms with E-state index in [2.05, 4.69) is 5.32 Å². The number of piperidine rings is 1. The van der Waals surface area contributed by atoms with Crippen molar-refractivity contribution in [3.05, 3.63) is 62.8 Å². The lowest BCUT2D eigenvalue weighted by Crippen LogP contribution is -2.52. The van der Waals surface area contributed by atoms with Crippen molar-refractivity contribution in [3.8, 4) is 5.75 Å². The van der Waals surface area contributed by atoms with Gasteiger partial charge in [-0.2, -0.15) is 0 Å². The van der Waals surface area contributed by atoms with E-state index in [4.69, 9.17) is 0 Å². The summed E-state index contributed by atoms with van der Waals surface area (Å²) in [6.07, 6.45) is 3.99. The summed E-state index contributed by atoms with van der Waals surface area (Å²) in [6.45, 7) is 1.62. The number of hydrogen-bond donors (Lipinski definition) is 2. The van der Waals surface area contributed by atoms with Gasteiger partial charge in [0, 0.05) is 36.5 Å². The van der Waals surface area contributed by atoms with Gasteiger partial charge in [-0.3, -0.25) is 14.4 Å². The number of pyridine rings is 1. The second kappa shape index (κ2) is 7.11. The van der Waals surface area contributed by atoms with Crippen molar-refractivity contribution in [2.75, 3.05) is 0 Å². The van der Waals surface area contributed by atoms with Crippen LogP contribution in [0, 0.1) is 23.4 Å². The maximum atomic E-state index is 14.0. The molecule has 5 rings (SSSR count). The fourth-order valence-electron chi connectivity index (χ4n) is 5.46. The molecule has 0 spiro atoms. The molecular weight excluding hydrogens is 427 g/mol. The third-order valence-electron chi connectivity index (χ3n) is 6.89. The van der Waals surface area contributed by atoms with Gasteiger partial charge in [0.15, 0.2) is 11.4 Å². The van der Waals surface area contributed by atoms with Gasteiger partial charge in [0.05, 0.1) is 12.1 Å². The molecular formula is C22H20F3N3O4. The van der Waals surface area contributed by atoms with Crippen molar-refractivity contribution >= 4 is 11.8 Å². The topological polar surface area (TPSA) is 91.6 Å². The Bertz CT molecular complexity index is 1200. The van der Waals surface area contributed by atoms with Crippen LogP contribution in [0.15, 0.2) is 23.1 Å². The molecule has 168 valence electrons. The first-order chi connectivity index (χ1) is 15.2. The molecule has 4 atom stereocenters. The minimum absolute atomic E-state index is 0.0621. The summed E-state index contributed by atoms with van der Waals surface area (Å²) in [5.74, 6) is -5.35. The number of benzene rings is 1. The number of nitrogens with zero attached hydrogens (tertiary/aromatic N) is 2. The predicted octanol–water partition coefficient (Wildman–Crippen LogP) is 2.47. The van der Waals surface area contributed by atoms with Gasteiger partial charge in [0.2, 0.25) is 5.43 Å². The fourth-order valence-corrected chi connectivity index (χ4v) is 5.46. The highest BCUT2D eigenvalue weighted by atomic mass is 19.1. The molecule has 3 heterocycles. The van der Waals surface area contributed by atoms with Crippen LogP contribution in [0.3, 0.4) is 0 Å². The monoisotopic (exact) mass is 447 g/mol. The third kappa shape index (κ3) is 2.92. The van der Waals surface area contributed by atoms with Crippen molar-refractivity contribution in [2.24, 2.45) is 5.92 Å². The first kappa shape index (κ1) is 20.6. The van der Waals surface area contributed by atoms with Crippen molar-refractivity contribution < 1.29 is 27.9 Å². The maximum Gasteiger partial charge on any atom is 0.275 e. The van der Waals surface area contributed by atoms with Crippen LogP contribution in [0.1, 0.15) is 58.6 Å².